The molecule has 1 aromatic rings. The molecule has 1 N–H and O–H groups in total. The first kappa shape index (κ1) is 16.8. The molecule has 122 valence electrons. The third-order valence-corrected chi connectivity index (χ3v) is 5.80. The van der Waals surface area contributed by atoms with Gasteiger partial charge in [0.1, 0.15) is 0 Å². The van der Waals surface area contributed by atoms with E-state index >= 15 is 0 Å². The summed E-state index contributed by atoms with van der Waals surface area (Å²) in [6.45, 7) is 6.27. The van der Waals surface area contributed by atoms with Gasteiger partial charge in [-0.2, -0.15) is 0 Å². The van der Waals surface area contributed by atoms with Crippen LogP contribution in [0.4, 0.5) is 10.5 Å². The van der Waals surface area contributed by atoms with Crippen molar-refractivity contribution in [3.8, 4) is 0 Å². The van der Waals surface area contributed by atoms with Crippen LogP contribution >= 0.6 is 0 Å². The highest BCUT2D eigenvalue weighted by Crippen LogP contribution is 2.29. The van der Waals surface area contributed by atoms with Gasteiger partial charge in [0.05, 0.1) is 11.5 Å². The van der Waals surface area contributed by atoms with Crippen molar-refractivity contribution in [1.29, 1.82) is 0 Å². The molecular formula is C16H24N2O3S. The first-order valence-corrected chi connectivity index (χ1v) is 9.26. The fourth-order valence-corrected chi connectivity index (χ4v) is 4.47. The van der Waals surface area contributed by atoms with E-state index in [1.807, 2.05) is 24.3 Å². The van der Waals surface area contributed by atoms with E-state index in [1.54, 1.807) is 7.05 Å². The molecule has 1 saturated heterocycles. The zero-order valence-corrected chi connectivity index (χ0v) is 14.4. The minimum Gasteiger partial charge on any atom is -0.324 e. The summed E-state index contributed by atoms with van der Waals surface area (Å²) in [5, 5.41) is 2.91. The molecule has 1 aliphatic heterocycles. The van der Waals surface area contributed by atoms with Gasteiger partial charge in [-0.25, -0.2) is 13.2 Å². The van der Waals surface area contributed by atoms with Crippen molar-refractivity contribution in [1.82, 2.24) is 4.90 Å². The first-order chi connectivity index (χ1) is 10.1. The van der Waals surface area contributed by atoms with Gasteiger partial charge in [0.25, 0.3) is 0 Å². The van der Waals surface area contributed by atoms with E-state index in [0.717, 1.165) is 11.3 Å². The summed E-state index contributed by atoms with van der Waals surface area (Å²) < 4.78 is 23.1. The molecular weight excluding hydrogens is 300 g/mol. The number of nitrogens with zero attached hydrogens (tertiary/aromatic N) is 1. The molecule has 6 heteroatoms. The molecule has 2 rings (SSSR count). The predicted octanol–water partition coefficient (Wildman–Crippen LogP) is 2.63. The van der Waals surface area contributed by atoms with Gasteiger partial charge in [-0.05, 0) is 23.5 Å². The summed E-state index contributed by atoms with van der Waals surface area (Å²) in [5.74, 6) is 0.214. The van der Waals surface area contributed by atoms with Crippen LogP contribution in [0, 0.1) is 0 Å². The van der Waals surface area contributed by atoms with Gasteiger partial charge in [-0.15, -0.1) is 0 Å². The van der Waals surface area contributed by atoms with E-state index in [-0.39, 0.29) is 29.0 Å². The van der Waals surface area contributed by atoms with Crippen LogP contribution in [0.25, 0.3) is 0 Å². The third kappa shape index (κ3) is 3.80. The summed E-state index contributed by atoms with van der Waals surface area (Å²) in [5.41, 5.74) is 1.74. The molecule has 1 heterocycles. The number of para-hydroxylation sites is 1. The predicted molar refractivity (Wildman–Crippen MR) is 89.0 cm³/mol. The second kappa shape index (κ2) is 5.91. The number of carbonyl (C=O) groups is 1. The maximum atomic E-state index is 12.4. The van der Waals surface area contributed by atoms with E-state index in [1.165, 1.54) is 4.90 Å². The van der Waals surface area contributed by atoms with Crippen molar-refractivity contribution in [3.05, 3.63) is 29.8 Å². The lowest BCUT2D eigenvalue weighted by Gasteiger charge is -2.27. The minimum atomic E-state index is -3.00. The number of amides is 2. The summed E-state index contributed by atoms with van der Waals surface area (Å²) in [7, 11) is -1.35. The smallest absolute Gasteiger partial charge is 0.321 e. The summed E-state index contributed by atoms with van der Waals surface area (Å²) in [6.07, 6.45) is 0.507. The standard InChI is InChI=1S/C16H24N2O3S/c1-16(2,3)13-7-5-6-8-14(13)17-15(19)18(4)12-9-10-22(20,21)11-12/h5-8,12H,9-11H2,1-4H3,(H,17,19). The third-order valence-electron chi connectivity index (χ3n) is 4.05. The Morgan fingerprint density at radius 1 is 1.27 bits per heavy atom. The van der Waals surface area contributed by atoms with E-state index in [4.69, 9.17) is 0 Å². The largest absolute Gasteiger partial charge is 0.324 e. The number of rotatable bonds is 2. The van der Waals surface area contributed by atoms with Gasteiger partial charge in [0, 0.05) is 18.8 Å². The molecule has 1 atom stereocenters. The van der Waals surface area contributed by atoms with Gasteiger partial charge < -0.3 is 10.2 Å². The average molecular weight is 324 g/mol. The van der Waals surface area contributed by atoms with Crippen LogP contribution in [-0.4, -0.2) is 43.9 Å². The molecule has 1 unspecified atom stereocenters. The Labute approximate surface area is 132 Å². The number of carbonyl (C=O) groups excluding carboxylic acids is 1. The molecule has 0 saturated carbocycles. The highest BCUT2D eigenvalue weighted by atomic mass is 32.2. The Kier molecular flexibility index (Phi) is 4.52. The molecule has 1 aromatic carbocycles. The highest BCUT2D eigenvalue weighted by molar-refractivity contribution is 7.91. The summed E-state index contributed by atoms with van der Waals surface area (Å²) >= 11 is 0. The van der Waals surface area contributed by atoms with E-state index in [0.29, 0.717) is 6.42 Å². The molecule has 1 fully saturated rings. The zero-order chi connectivity index (χ0) is 16.5. The number of hydrogen-bond donors (Lipinski definition) is 1. The SMILES string of the molecule is CN(C(=O)Nc1ccccc1C(C)(C)C)C1CCS(=O)(=O)C1. The average Bonchev–Trinajstić information content (AvgIpc) is 2.77. The van der Waals surface area contributed by atoms with Crippen molar-refractivity contribution < 1.29 is 13.2 Å². The van der Waals surface area contributed by atoms with Gasteiger partial charge in [0.2, 0.25) is 0 Å². The van der Waals surface area contributed by atoms with Gasteiger partial charge in [-0.1, -0.05) is 39.0 Å². The Morgan fingerprint density at radius 2 is 1.91 bits per heavy atom. The van der Waals surface area contributed by atoms with Crippen molar-refractivity contribution in [2.45, 2.75) is 38.6 Å². The maximum Gasteiger partial charge on any atom is 0.321 e. The second-order valence-corrected chi connectivity index (χ2v) is 9.12. The number of nitrogens with one attached hydrogen (secondary N) is 1. The van der Waals surface area contributed by atoms with Gasteiger partial charge >= 0.3 is 6.03 Å². The molecule has 0 bridgehead atoms. The van der Waals surface area contributed by atoms with E-state index in [9.17, 15) is 13.2 Å². The van der Waals surface area contributed by atoms with Crippen molar-refractivity contribution in [3.63, 3.8) is 0 Å². The number of urea groups is 1. The number of sulfone groups is 1. The van der Waals surface area contributed by atoms with Gasteiger partial charge in [0.15, 0.2) is 9.84 Å². The van der Waals surface area contributed by atoms with E-state index < -0.39 is 9.84 Å². The van der Waals surface area contributed by atoms with Crippen LogP contribution in [0.5, 0.6) is 0 Å². The summed E-state index contributed by atoms with van der Waals surface area (Å²) in [6, 6.07) is 7.19. The van der Waals surface area contributed by atoms with Crippen LogP contribution < -0.4 is 5.32 Å². The maximum absolute atomic E-state index is 12.4. The summed E-state index contributed by atoms with van der Waals surface area (Å²) in [4.78, 5) is 13.9. The lowest BCUT2D eigenvalue weighted by molar-refractivity contribution is 0.209. The Bertz CT molecular complexity index is 662. The molecule has 2 amide bonds. The quantitative estimate of drug-likeness (QED) is 0.909. The molecule has 0 aliphatic carbocycles. The fourth-order valence-electron chi connectivity index (χ4n) is 2.70. The molecule has 1 aliphatic rings. The van der Waals surface area contributed by atoms with Crippen LogP contribution in [-0.2, 0) is 15.3 Å². The fraction of sp³-hybridized carbons (Fsp3) is 0.562. The number of anilines is 1. The minimum absolute atomic E-state index is 0.0534. The van der Waals surface area contributed by atoms with Crippen LogP contribution in [0.2, 0.25) is 0 Å². The first-order valence-electron chi connectivity index (χ1n) is 7.44. The Hall–Kier alpha value is -1.56. The molecule has 0 radical (unpaired) electrons. The highest BCUT2D eigenvalue weighted by Gasteiger charge is 2.33. The van der Waals surface area contributed by atoms with Crippen LogP contribution in [0.3, 0.4) is 0 Å². The lowest BCUT2D eigenvalue weighted by Crippen LogP contribution is -2.40. The lowest BCUT2D eigenvalue weighted by atomic mass is 9.86. The van der Waals surface area contributed by atoms with Crippen molar-refractivity contribution in [2.24, 2.45) is 0 Å². The Balaban J connectivity index is 2.13. The Morgan fingerprint density at radius 3 is 2.45 bits per heavy atom. The normalized spacial score (nSPS) is 20.6. The number of hydrogen-bond acceptors (Lipinski definition) is 3. The van der Waals surface area contributed by atoms with Gasteiger partial charge in [-0.3, -0.25) is 0 Å². The molecule has 5 nitrogen and oxygen atoms in total. The topological polar surface area (TPSA) is 66.5 Å². The van der Waals surface area contributed by atoms with Crippen LogP contribution in [0.15, 0.2) is 24.3 Å². The molecule has 22 heavy (non-hydrogen) atoms. The molecule has 0 aromatic heterocycles. The second-order valence-electron chi connectivity index (χ2n) is 6.89. The number of benzene rings is 1. The zero-order valence-electron chi connectivity index (χ0n) is 13.6. The van der Waals surface area contributed by atoms with Crippen molar-refractivity contribution in [2.75, 3.05) is 23.9 Å². The monoisotopic (exact) mass is 324 g/mol. The molecule has 0 spiro atoms. The van der Waals surface area contributed by atoms with Crippen LogP contribution in [0.1, 0.15) is 32.8 Å². The van der Waals surface area contributed by atoms with Crippen molar-refractivity contribution >= 4 is 21.6 Å². The van der Waals surface area contributed by atoms with E-state index in [2.05, 4.69) is 26.1 Å².